The number of nitrogens with one attached hydrogen (secondary N) is 1. The largest absolute Gasteiger partial charge is 0.496 e. The molecule has 13 heavy (non-hydrogen) atoms. The zero-order valence-electron chi connectivity index (χ0n) is 7.92. The Balaban J connectivity index is 3.01. The molecule has 70 valence electrons. The van der Waals surface area contributed by atoms with Gasteiger partial charge in [0.05, 0.1) is 12.9 Å². The van der Waals surface area contributed by atoms with E-state index in [-0.39, 0.29) is 5.84 Å². The van der Waals surface area contributed by atoms with E-state index in [9.17, 15) is 0 Å². The van der Waals surface area contributed by atoms with E-state index >= 15 is 0 Å². The predicted molar refractivity (Wildman–Crippen MR) is 53.3 cm³/mol. The van der Waals surface area contributed by atoms with Crippen molar-refractivity contribution < 1.29 is 4.74 Å². The van der Waals surface area contributed by atoms with Crippen LogP contribution in [0.4, 0.5) is 0 Å². The fraction of sp³-hybridized carbons (Fsp3) is 0.300. The van der Waals surface area contributed by atoms with Gasteiger partial charge in [0.1, 0.15) is 5.75 Å². The number of hydrogen-bond acceptors (Lipinski definition) is 2. The number of hydrogen-bond donors (Lipinski definition) is 2. The maximum absolute atomic E-state index is 7.20. The van der Waals surface area contributed by atoms with E-state index in [2.05, 4.69) is 0 Å². The van der Waals surface area contributed by atoms with E-state index in [4.69, 9.17) is 15.9 Å². The summed E-state index contributed by atoms with van der Waals surface area (Å²) in [5.41, 5.74) is 7.44. The average molecular weight is 178 g/mol. The number of rotatable bonds is 3. The molecule has 0 bridgehead atoms. The first kappa shape index (κ1) is 9.58. The van der Waals surface area contributed by atoms with Gasteiger partial charge in [0, 0.05) is 12.0 Å². The Bertz CT molecular complexity index is 321. The Kier molecular flexibility index (Phi) is 2.90. The van der Waals surface area contributed by atoms with Crippen molar-refractivity contribution >= 4 is 5.84 Å². The summed E-state index contributed by atoms with van der Waals surface area (Å²) >= 11 is 0. The highest BCUT2D eigenvalue weighted by Crippen LogP contribution is 2.19. The van der Waals surface area contributed by atoms with Crippen LogP contribution in [0.15, 0.2) is 18.2 Å². The number of aryl methyl sites for hydroxylation is 1. The predicted octanol–water partition coefficient (Wildman–Crippen LogP) is 1.48. The van der Waals surface area contributed by atoms with Crippen LogP contribution in [-0.2, 0) is 6.42 Å². The van der Waals surface area contributed by atoms with Crippen LogP contribution in [0.5, 0.6) is 5.75 Å². The lowest BCUT2D eigenvalue weighted by atomic mass is 10.1. The minimum absolute atomic E-state index is 0.156. The molecule has 0 spiro atoms. The molecule has 3 heteroatoms. The van der Waals surface area contributed by atoms with Gasteiger partial charge in [0.15, 0.2) is 0 Å². The number of benzene rings is 1. The molecule has 3 N–H and O–H groups in total. The number of methoxy groups -OCH3 is 1. The fourth-order valence-corrected chi connectivity index (χ4v) is 1.25. The summed E-state index contributed by atoms with van der Waals surface area (Å²) < 4.78 is 5.15. The minimum Gasteiger partial charge on any atom is -0.496 e. The topological polar surface area (TPSA) is 59.1 Å². The van der Waals surface area contributed by atoms with Gasteiger partial charge < -0.3 is 10.5 Å². The molecule has 0 aromatic heterocycles. The zero-order valence-corrected chi connectivity index (χ0v) is 7.92. The first-order valence-corrected chi connectivity index (χ1v) is 4.10. The normalized spacial score (nSPS) is 9.69. The van der Waals surface area contributed by atoms with Gasteiger partial charge in [0.25, 0.3) is 0 Å². The smallest absolute Gasteiger partial charge is 0.122 e. The van der Waals surface area contributed by atoms with Crippen molar-refractivity contribution in [1.82, 2.24) is 0 Å². The Morgan fingerprint density at radius 2 is 2.23 bits per heavy atom. The molecule has 0 aliphatic rings. The lowest BCUT2D eigenvalue weighted by molar-refractivity contribution is 0.411. The molecular formula is C10H14N2O. The molecule has 0 heterocycles. The maximum atomic E-state index is 7.20. The highest BCUT2D eigenvalue weighted by molar-refractivity contribution is 5.80. The molecule has 0 aliphatic carbocycles. The number of ether oxygens (including phenoxy) is 1. The van der Waals surface area contributed by atoms with Gasteiger partial charge in [-0.1, -0.05) is 17.7 Å². The second-order valence-corrected chi connectivity index (χ2v) is 3.02. The van der Waals surface area contributed by atoms with Crippen molar-refractivity contribution in [1.29, 1.82) is 5.41 Å². The third-order valence-corrected chi connectivity index (χ3v) is 1.82. The molecule has 3 nitrogen and oxygen atoms in total. The van der Waals surface area contributed by atoms with Gasteiger partial charge in [0.2, 0.25) is 0 Å². The quantitative estimate of drug-likeness (QED) is 0.544. The highest BCUT2D eigenvalue weighted by atomic mass is 16.5. The van der Waals surface area contributed by atoms with Crippen LogP contribution in [0.25, 0.3) is 0 Å². The molecule has 1 aromatic rings. The van der Waals surface area contributed by atoms with E-state index in [0.717, 1.165) is 16.9 Å². The van der Waals surface area contributed by atoms with Crippen molar-refractivity contribution in [2.24, 2.45) is 5.73 Å². The van der Waals surface area contributed by atoms with Crippen LogP contribution in [0.2, 0.25) is 0 Å². The van der Waals surface area contributed by atoms with E-state index in [0.29, 0.717) is 6.42 Å². The van der Waals surface area contributed by atoms with E-state index in [1.165, 1.54) is 0 Å². The third-order valence-electron chi connectivity index (χ3n) is 1.82. The van der Waals surface area contributed by atoms with Crippen LogP contribution in [0.3, 0.4) is 0 Å². The summed E-state index contributed by atoms with van der Waals surface area (Å²) in [5.74, 6) is 0.949. The van der Waals surface area contributed by atoms with Crippen molar-refractivity contribution in [2.45, 2.75) is 13.3 Å². The molecule has 0 radical (unpaired) electrons. The summed E-state index contributed by atoms with van der Waals surface area (Å²) in [6, 6.07) is 5.86. The van der Waals surface area contributed by atoms with Crippen molar-refractivity contribution in [3.63, 3.8) is 0 Å². The molecule has 0 fully saturated rings. The number of amidine groups is 1. The van der Waals surface area contributed by atoms with Crippen molar-refractivity contribution in [3.05, 3.63) is 29.3 Å². The lowest BCUT2D eigenvalue weighted by Gasteiger charge is -2.08. The van der Waals surface area contributed by atoms with Crippen LogP contribution < -0.4 is 10.5 Å². The van der Waals surface area contributed by atoms with Crippen LogP contribution in [0.1, 0.15) is 11.1 Å². The molecular weight excluding hydrogens is 164 g/mol. The molecule has 0 saturated heterocycles. The van der Waals surface area contributed by atoms with Crippen LogP contribution >= 0.6 is 0 Å². The monoisotopic (exact) mass is 178 g/mol. The standard InChI is InChI=1S/C10H14N2O/c1-7-3-4-9(13-2)8(5-7)6-10(11)12/h3-5H,6H2,1-2H3,(H3,11,12). The van der Waals surface area contributed by atoms with E-state index in [1.54, 1.807) is 7.11 Å². The van der Waals surface area contributed by atoms with Crippen molar-refractivity contribution in [3.8, 4) is 5.75 Å². The SMILES string of the molecule is COc1ccc(C)cc1CC(=N)N. The zero-order chi connectivity index (χ0) is 9.84. The van der Waals surface area contributed by atoms with Gasteiger partial charge in [-0.05, 0) is 13.0 Å². The maximum Gasteiger partial charge on any atom is 0.122 e. The molecule has 1 rings (SSSR count). The summed E-state index contributed by atoms with van der Waals surface area (Å²) in [6.07, 6.45) is 0.449. The Morgan fingerprint density at radius 3 is 2.77 bits per heavy atom. The van der Waals surface area contributed by atoms with Crippen LogP contribution in [-0.4, -0.2) is 12.9 Å². The fourth-order valence-electron chi connectivity index (χ4n) is 1.25. The molecule has 0 aliphatic heterocycles. The summed E-state index contributed by atoms with van der Waals surface area (Å²) in [7, 11) is 1.62. The van der Waals surface area contributed by atoms with Gasteiger partial charge >= 0.3 is 0 Å². The lowest BCUT2D eigenvalue weighted by Crippen LogP contribution is -2.13. The molecule has 0 atom stereocenters. The first-order valence-electron chi connectivity index (χ1n) is 4.10. The van der Waals surface area contributed by atoms with Gasteiger partial charge in [-0.25, -0.2) is 0 Å². The Labute approximate surface area is 78.0 Å². The highest BCUT2D eigenvalue weighted by Gasteiger charge is 2.03. The van der Waals surface area contributed by atoms with E-state index in [1.807, 2.05) is 25.1 Å². The molecule has 0 amide bonds. The van der Waals surface area contributed by atoms with Gasteiger partial charge in [-0.2, -0.15) is 0 Å². The molecule has 0 unspecified atom stereocenters. The summed E-state index contributed by atoms with van der Waals surface area (Å²) in [5, 5.41) is 7.20. The summed E-state index contributed by atoms with van der Waals surface area (Å²) in [4.78, 5) is 0. The van der Waals surface area contributed by atoms with E-state index < -0.39 is 0 Å². The Hall–Kier alpha value is -1.51. The Morgan fingerprint density at radius 1 is 1.54 bits per heavy atom. The second kappa shape index (κ2) is 3.94. The summed E-state index contributed by atoms with van der Waals surface area (Å²) in [6.45, 7) is 2.00. The van der Waals surface area contributed by atoms with Crippen molar-refractivity contribution in [2.75, 3.05) is 7.11 Å². The van der Waals surface area contributed by atoms with Crippen LogP contribution in [0, 0.1) is 12.3 Å². The van der Waals surface area contributed by atoms with Gasteiger partial charge in [-0.3, -0.25) is 5.41 Å². The average Bonchev–Trinajstić information content (AvgIpc) is 2.03. The minimum atomic E-state index is 0.156. The number of nitrogens with two attached hydrogens (primary N) is 1. The second-order valence-electron chi connectivity index (χ2n) is 3.02. The molecule has 0 saturated carbocycles. The third kappa shape index (κ3) is 2.47. The van der Waals surface area contributed by atoms with Gasteiger partial charge in [-0.15, -0.1) is 0 Å². The first-order chi connectivity index (χ1) is 6.13. The molecule has 1 aromatic carbocycles.